The molecule has 5 aromatic rings. The van der Waals surface area contributed by atoms with Crippen LogP contribution in [-0.2, 0) is 0 Å². The van der Waals surface area contributed by atoms with E-state index in [1.165, 1.54) is 16.8 Å². The van der Waals surface area contributed by atoms with Crippen molar-refractivity contribution in [3.8, 4) is 11.4 Å². The first kappa shape index (κ1) is 19.7. The lowest BCUT2D eigenvalue weighted by Gasteiger charge is -2.37. The summed E-state index contributed by atoms with van der Waals surface area (Å²) in [5.41, 5.74) is 6.59. The van der Waals surface area contributed by atoms with Crippen molar-refractivity contribution in [1.29, 1.82) is 0 Å². The van der Waals surface area contributed by atoms with Gasteiger partial charge in [0.05, 0.1) is 5.52 Å². The zero-order valence-electron chi connectivity index (χ0n) is 18.8. The molecule has 0 radical (unpaired) electrons. The first-order valence-electron chi connectivity index (χ1n) is 11.3. The second-order valence-electron chi connectivity index (χ2n) is 8.61. The predicted molar refractivity (Wildman–Crippen MR) is 132 cm³/mol. The highest BCUT2D eigenvalue weighted by molar-refractivity contribution is 5.93. The van der Waals surface area contributed by atoms with Gasteiger partial charge < -0.3 is 9.80 Å². The molecule has 0 atom stereocenters. The normalized spacial score (nSPS) is 14.4. The number of para-hydroxylation sites is 1. The largest absolute Gasteiger partial charge is 0.368 e. The molecule has 0 bridgehead atoms. The molecule has 33 heavy (non-hydrogen) atoms. The number of piperazine rings is 1. The van der Waals surface area contributed by atoms with Crippen LogP contribution in [0.3, 0.4) is 0 Å². The van der Waals surface area contributed by atoms with Gasteiger partial charge in [-0.2, -0.15) is 4.52 Å². The van der Waals surface area contributed by atoms with Gasteiger partial charge in [0.2, 0.25) is 5.95 Å². The number of benzene rings is 2. The smallest absolute Gasteiger partial charge is 0.229 e. The molecule has 164 valence electrons. The third-order valence-corrected chi connectivity index (χ3v) is 6.35. The van der Waals surface area contributed by atoms with Crippen molar-refractivity contribution in [2.24, 2.45) is 0 Å². The summed E-state index contributed by atoms with van der Waals surface area (Å²) in [5, 5.41) is 5.86. The highest BCUT2D eigenvalue weighted by Crippen LogP contribution is 2.28. The van der Waals surface area contributed by atoms with E-state index in [1.54, 1.807) is 12.4 Å². The number of nitrogens with zero attached hydrogens (tertiary/aromatic N) is 7. The van der Waals surface area contributed by atoms with Crippen LogP contribution in [0.4, 0.5) is 11.6 Å². The Hall–Kier alpha value is -4.00. The highest BCUT2D eigenvalue weighted by Gasteiger charge is 2.24. The van der Waals surface area contributed by atoms with Gasteiger partial charge >= 0.3 is 0 Å². The molecule has 0 spiro atoms. The lowest BCUT2D eigenvalue weighted by atomic mass is 10.1. The topological polar surface area (TPSA) is 62.5 Å². The molecule has 7 heteroatoms. The fraction of sp³-hybridized carbons (Fsp3) is 0.231. The number of aryl methyl sites for hydroxylation is 2. The van der Waals surface area contributed by atoms with Gasteiger partial charge in [-0.25, -0.2) is 9.97 Å². The quantitative estimate of drug-likeness (QED) is 0.421. The molecule has 6 rings (SSSR count). The van der Waals surface area contributed by atoms with Crippen molar-refractivity contribution in [2.75, 3.05) is 36.0 Å². The summed E-state index contributed by atoms with van der Waals surface area (Å²) in [6, 6.07) is 18.7. The Morgan fingerprint density at radius 3 is 2.45 bits per heavy atom. The minimum atomic E-state index is 0.663. The molecule has 0 N–H and O–H groups in total. The van der Waals surface area contributed by atoms with E-state index in [0.29, 0.717) is 5.82 Å². The van der Waals surface area contributed by atoms with E-state index < -0.39 is 0 Å². The lowest BCUT2D eigenvalue weighted by Crippen LogP contribution is -2.47. The number of anilines is 2. The second-order valence-corrected chi connectivity index (χ2v) is 8.61. The first-order valence-corrected chi connectivity index (χ1v) is 11.3. The number of hydrogen-bond donors (Lipinski definition) is 0. The van der Waals surface area contributed by atoms with Crippen molar-refractivity contribution < 1.29 is 0 Å². The fourth-order valence-corrected chi connectivity index (χ4v) is 4.57. The average molecular weight is 436 g/mol. The molecule has 0 saturated carbocycles. The fourth-order valence-electron chi connectivity index (χ4n) is 4.57. The van der Waals surface area contributed by atoms with Crippen LogP contribution in [-0.4, -0.2) is 50.7 Å². The first-order chi connectivity index (χ1) is 16.2. The number of pyridine rings is 1. The second kappa shape index (κ2) is 7.85. The van der Waals surface area contributed by atoms with Crippen LogP contribution in [0.2, 0.25) is 0 Å². The molecule has 2 aromatic carbocycles. The molecule has 0 amide bonds. The van der Waals surface area contributed by atoms with E-state index in [-0.39, 0.29) is 0 Å². The number of rotatable bonds is 3. The molecule has 4 heterocycles. The Morgan fingerprint density at radius 2 is 1.64 bits per heavy atom. The average Bonchev–Trinajstić information content (AvgIpc) is 3.32. The summed E-state index contributed by atoms with van der Waals surface area (Å²) in [7, 11) is 0. The Bertz CT molecular complexity index is 1450. The van der Waals surface area contributed by atoms with Crippen LogP contribution in [0.1, 0.15) is 11.1 Å². The summed E-state index contributed by atoms with van der Waals surface area (Å²) >= 11 is 0. The van der Waals surface area contributed by atoms with Gasteiger partial charge in [0.15, 0.2) is 11.5 Å². The van der Waals surface area contributed by atoms with Crippen molar-refractivity contribution in [3.05, 3.63) is 78.1 Å². The molecular formula is C26H25N7. The summed E-state index contributed by atoms with van der Waals surface area (Å²) in [6.45, 7) is 7.95. The molecule has 0 unspecified atom stereocenters. The predicted octanol–water partition coefficient (Wildman–Crippen LogP) is 4.28. The van der Waals surface area contributed by atoms with Gasteiger partial charge in [0, 0.05) is 55.2 Å². The van der Waals surface area contributed by atoms with Crippen LogP contribution >= 0.6 is 0 Å². The molecule has 7 nitrogen and oxygen atoms in total. The Labute approximate surface area is 192 Å². The molecule has 3 aromatic heterocycles. The van der Waals surface area contributed by atoms with Gasteiger partial charge in [0.25, 0.3) is 0 Å². The van der Waals surface area contributed by atoms with Crippen LogP contribution in [0, 0.1) is 13.8 Å². The molecule has 1 aliphatic rings. The van der Waals surface area contributed by atoms with Crippen molar-refractivity contribution in [2.45, 2.75) is 13.8 Å². The van der Waals surface area contributed by atoms with E-state index in [0.717, 1.165) is 54.2 Å². The van der Waals surface area contributed by atoms with Crippen LogP contribution in [0.25, 0.3) is 27.9 Å². The number of hydrogen-bond acceptors (Lipinski definition) is 6. The maximum atomic E-state index is 5.02. The maximum absolute atomic E-state index is 5.02. The van der Waals surface area contributed by atoms with Gasteiger partial charge in [-0.3, -0.25) is 4.98 Å². The van der Waals surface area contributed by atoms with Crippen molar-refractivity contribution in [1.82, 2.24) is 24.6 Å². The SMILES string of the molecule is Cc1ccc(C)c(N2CCN(c3nc4ccccc4c4nc(-c5cccnc5)nn34)CC2)c1. The Kier molecular flexibility index (Phi) is 4.68. The highest BCUT2D eigenvalue weighted by atomic mass is 15.4. The summed E-state index contributed by atoms with van der Waals surface area (Å²) < 4.78 is 1.90. The molecule has 1 aliphatic heterocycles. The van der Waals surface area contributed by atoms with Crippen molar-refractivity contribution >= 4 is 28.2 Å². The van der Waals surface area contributed by atoms with Gasteiger partial charge in [-0.05, 0) is 55.3 Å². The standard InChI is InChI=1S/C26H25N7/c1-18-9-10-19(2)23(16-18)31-12-14-32(15-13-31)26-28-22-8-4-3-7-21(22)25-29-24(30-33(25)26)20-6-5-11-27-17-20/h3-11,16-17H,12-15H2,1-2H3. The lowest BCUT2D eigenvalue weighted by molar-refractivity contribution is 0.631. The molecule has 1 saturated heterocycles. The van der Waals surface area contributed by atoms with Crippen LogP contribution in [0.15, 0.2) is 67.0 Å². The van der Waals surface area contributed by atoms with E-state index in [9.17, 15) is 0 Å². The third-order valence-electron chi connectivity index (χ3n) is 6.35. The van der Waals surface area contributed by atoms with Gasteiger partial charge in [-0.1, -0.05) is 24.3 Å². The zero-order valence-corrected chi connectivity index (χ0v) is 18.8. The number of aromatic nitrogens is 5. The Balaban J connectivity index is 1.39. The summed E-state index contributed by atoms with van der Waals surface area (Å²) in [6.07, 6.45) is 3.56. The Morgan fingerprint density at radius 1 is 0.818 bits per heavy atom. The summed E-state index contributed by atoms with van der Waals surface area (Å²) in [5.74, 6) is 1.50. The van der Waals surface area contributed by atoms with E-state index >= 15 is 0 Å². The minimum absolute atomic E-state index is 0.663. The van der Waals surface area contributed by atoms with Gasteiger partial charge in [0.1, 0.15) is 0 Å². The molecular weight excluding hydrogens is 410 g/mol. The number of fused-ring (bicyclic) bond motifs is 3. The third kappa shape index (κ3) is 3.46. The van der Waals surface area contributed by atoms with Gasteiger partial charge in [-0.15, -0.1) is 5.10 Å². The molecule has 0 aliphatic carbocycles. The minimum Gasteiger partial charge on any atom is -0.368 e. The monoisotopic (exact) mass is 435 g/mol. The van der Waals surface area contributed by atoms with Crippen molar-refractivity contribution in [3.63, 3.8) is 0 Å². The maximum Gasteiger partial charge on any atom is 0.229 e. The van der Waals surface area contributed by atoms with E-state index in [2.05, 4.69) is 52.9 Å². The van der Waals surface area contributed by atoms with E-state index in [1.807, 2.05) is 34.8 Å². The summed E-state index contributed by atoms with van der Waals surface area (Å²) in [4.78, 5) is 18.9. The molecule has 1 fully saturated rings. The zero-order chi connectivity index (χ0) is 22.4. The van der Waals surface area contributed by atoms with E-state index in [4.69, 9.17) is 15.1 Å². The van der Waals surface area contributed by atoms with Crippen LogP contribution < -0.4 is 9.80 Å². The van der Waals surface area contributed by atoms with Crippen LogP contribution in [0.5, 0.6) is 0 Å².